The largest absolute Gasteiger partial charge is 0.497 e. The lowest BCUT2D eigenvalue weighted by Crippen LogP contribution is -2.36. The molecule has 1 aromatic heterocycles. The highest BCUT2D eigenvalue weighted by molar-refractivity contribution is 7.98. The van der Waals surface area contributed by atoms with Crippen LogP contribution in [-0.2, 0) is 23.6 Å². The number of amides is 1. The number of rotatable bonds is 7. The van der Waals surface area contributed by atoms with Crippen LogP contribution >= 0.6 is 11.8 Å². The molecule has 1 aliphatic rings. The van der Waals surface area contributed by atoms with Gasteiger partial charge in [-0.1, -0.05) is 18.2 Å². The molecule has 9 heteroatoms. The van der Waals surface area contributed by atoms with Crippen molar-refractivity contribution in [1.29, 1.82) is 0 Å². The van der Waals surface area contributed by atoms with E-state index in [-0.39, 0.29) is 18.7 Å². The van der Waals surface area contributed by atoms with Crippen LogP contribution in [0.2, 0.25) is 0 Å². The molecule has 0 radical (unpaired) electrons. The highest BCUT2D eigenvalue weighted by Gasteiger charge is 2.31. The van der Waals surface area contributed by atoms with E-state index in [1.165, 1.54) is 35.9 Å². The minimum absolute atomic E-state index is 0.0115. The topological polar surface area (TPSA) is 60.9 Å². The quantitative estimate of drug-likeness (QED) is 0.266. The van der Waals surface area contributed by atoms with E-state index in [1.54, 1.807) is 31.5 Å². The van der Waals surface area contributed by atoms with E-state index in [0.717, 1.165) is 11.3 Å². The van der Waals surface area contributed by atoms with Gasteiger partial charge in [-0.15, -0.1) is 11.8 Å². The molecule has 36 heavy (non-hydrogen) atoms. The first kappa shape index (κ1) is 23.9. The zero-order valence-electron chi connectivity index (χ0n) is 19.6. The molecule has 1 amide bonds. The lowest BCUT2D eigenvalue weighted by Gasteiger charge is -2.30. The predicted molar refractivity (Wildman–Crippen MR) is 134 cm³/mol. The number of ether oxygens (including phenoxy) is 3. The van der Waals surface area contributed by atoms with E-state index in [2.05, 4.69) is 4.98 Å². The molecule has 0 N–H and O–H groups in total. The van der Waals surface area contributed by atoms with Crippen LogP contribution in [0.3, 0.4) is 0 Å². The summed E-state index contributed by atoms with van der Waals surface area (Å²) in [5, 5.41) is 0.585. The van der Waals surface area contributed by atoms with E-state index in [0.29, 0.717) is 38.6 Å². The van der Waals surface area contributed by atoms with Gasteiger partial charge in [0.1, 0.15) is 29.7 Å². The summed E-state index contributed by atoms with van der Waals surface area (Å²) in [6, 6.07) is 15.4. The standard InChI is InChI=1S/C27H22F2N2O4S/c1-33-18-8-6-16(7-9-18)15-36-19-10-21(28)20(22(29)11-19)13-31-26-17(14-35-27(31)32)12-30-23-4-3-5-24(34-2)25(23)26/h3-12H,13-15H2,1-2H3. The molecule has 2 heterocycles. The van der Waals surface area contributed by atoms with Crippen molar-refractivity contribution in [3.05, 3.63) is 89.1 Å². The van der Waals surface area contributed by atoms with Crippen LogP contribution in [0.5, 0.6) is 11.5 Å². The minimum atomic E-state index is -0.738. The zero-order chi connectivity index (χ0) is 25.2. The summed E-state index contributed by atoms with van der Waals surface area (Å²) in [6.07, 6.45) is 0.903. The van der Waals surface area contributed by atoms with Gasteiger partial charge in [0.15, 0.2) is 0 Å². The van der Waals surface area contributed by atoms with E-state index in [4.69, 9.17) is 14.2 Å². The number of anilines is 1. The van der Waals surface area contributed by atoms with Gasteiger partial charge in [0.05, 0.1) is 37.4 Å². The van der Waals surface area contributed by atoms with Crippen molar-refractivity contribution in [2.45, 2.75) is 23.8 Å². The highest BCUT2D eigenvalue weighted by Crippen LogP contribution is 2.40. The second kappa shape index (κ2) is 10.0. The average molecular weight is 509 g/mol. The first-order valence-electron chi connectivity index (χ1n) is 11.1. The van der Waals surface area contributed by atoms with Crippen molar-refractivity contribution < 1.29 is 27.8 Å². The van der Waals surface area contributed by atoms with Crippen molar-refractivity contribution in [2.24, 2.45) is 0 Å². The molecule has 0 unspecified atom stereocenters. The Morgan fingerprint density at radius 3 is 2.50 bits per heavy atom. The maximum Gasteiger partial charge on any atom is 0.414 e. The fourth-order valence-corrected chi connectivity index (χ4v) is 5.03. The third-order valence-corrected chi connectivity index (χ3v) is 7.01. The number of halogens is 2. The fraction of sp³-hybridized carbons (Fsp3) is 0.185. The number of nitrogens with zero attached hydrogens (tertiary/aromatic N) is 2. The van der Waals surface area contributed by atoms with Gasteiger partial charge in [-0.05, 0) is 42.0 Å². The van der Waals surface area contributed by atoms with Crippen LogP contribution in [0, 0.1) is 11.6 Å². The Kier molecular flexibility index (Phi) is 6.65. The Morgan fingerprint density at radius 1 is 1.06 bits per heavy atom. The maximum atomic E-state index is 15.2. The molecule has 0 fully saturated rings. The van der Waals surface area contributed by atoms with Crippen molar-refractivity contribution in [2.75, 3.05) is 19.1 Å². The van der Waals surface area contributed by atoms with Crippen LogP contribution < -0.4 is 14.4 Å². The summed E-state index contributed by atoms with van der Waals surface area (Å²) in [7, 11) is 3.11. The lowest BCUT2D eigenvalue weighted by molar-refractivity contribution is 0.141. The Bertz CT molecular complexity index is 1420. The highest BCUT2D eigenvalue weighted by atomic mass is 32.2. The first-order valence-corrected chi connectivity index (χ1v) is 12.1. The van der Waals surface area contributed by atoms with E-state index in [9.17, 15) is 4.79 Å². The van der Waals surface area contributed by atoms with Gasteiger partial charge in [0, 0.05) is 28.0 Å². The van der Waals surface area contributed by atoms with Gasteiger partial charge in [-0.2, -0.15) is 0 Å². The number of hydrogen-bond acceptors (Lipinski definition) is 6. The van der Waals surface area contributed by atoms with Gasteiger partial charge in [-0.25, -0.2) is 13.6 Å². The number of benzene rings is 3. The third-order valence-electron chi connectivity index (χ3n) is 5.96. The lowest BCUT2D eigenvalue weighted by atomic mass is 10.1. The van der Waals surface area contributed by atoms with Gasteiger partial charge >= 0.3 is 6.09 Å². The molecular formula is C27H22F2N2O4S. The molecule has 0 saturated carbocycles. The molecule has 5 rings (SSSR count). The van der Waals surface area contributed by atoms with Crippen molar-refractivity contribution in [3.63, 3.8) is 0 Å². The molecule has 0 bridgehead atoms. The number of aromatic nitrogens is 1. The predicted octanol–water partition coefficient (Wildman–Crippen LogP) is 6.48. The van der Waals surface area contributed by atoms with Gasteiger partial charge in [-0.3, -0.25) is 9.88 Å². The molecule has 0 saturated heterocycles. The van der Waals surface area contributed by atoms with Crippen LogP contribution in [0.1, 0.15) is 16.7 Å². The smallest absolute Gasteiger partial charge is 0.414 e. The molecule has 0 aliphatic carbocycles. The Hall–Kier alpha value is -3.85. The van der Waals surface area contributed by atoms with Crippen LogP contribution in [0.15, 0.2) is 65.7 Å². The summed E-state index contributed by atoms with van der Waals surface area (Å²) in [5.41, 5.74) is 2.46. The second-order valence-electron chi connectivity index (χ2n) is 8.13. The number of methoxy groups -OCH3 is 2. The molecule has 4 aromatic rings. The number of fused-ring (bicyclic) bond motifs is 3. The summed E-state index contributed by atoms with van der Waals surface area (Å²) in [5.74, 6) is 0.300. The van der Waals surface area contributed by atoms with Crippen molar-refractivity contribution in [3.8, 4) is 11.5 Å². The Labute approximate surface area is 210 Å². The minimum Gasteiger partial charge on any atom is -0.497 e. The molecule has 3 aromatic carbocycles. The molecular weight excluding hydrogens is 486 g/mol. The zero-order valence-corrected chi connectivity index (χ0v) is 20.4. The number of hydrogen-bond donors (Lipinski definition) is 0. The first-order chi connectivity index (χ1) is 17.5. The molecule has 184 valence electrons. The average Bonchev–Trinajstić information content (AvgIpc) is 2.90. The number of thioether (sulfide) groups is 1. The van der Waals surface area contributed by atoms with Crippen LogP contribution in [0.4, 0.5) is 19.3 Å². The number of carbonyl (C=O) groups excluding carboxylic acids is 1. The van der Waals surface area contributed by atoms with Gasteiger partial charge in [0.2, 0.25) is 0 Å². The van der Waals surface area contributed by atoms with E-state index in [1.807, 2.05) is 24.3 Å². The van der Waals surface area contributed by atoms with Gasteiger partial charge in [0.25, 0.3) is 0 Å². The van der Waals surface area contributed by atoms with Crippen LogP contribution in [0.25, 0.3) is 10.9 Å². The summed E-state index contributed by atoms with van der Waals surface area (Å²) in [6.45, 7) is -0.332. The SMILES string of the molecule is COc1ccc(CSc2cc(F)c(CN3C(=O)OCc4cnc5cccc(OC)c5c43)c(F)c2)cc1. The summed E-state index contributed by atoms with van der Waals surface area (Å²) >= 11 is 1.32. The maximum absolute atomic E-state index is 15.2. The number of pyridine rings is 1. The van der Waals surface area contributed by atoms with Crippen molar-refractivity contribution >= 4 is 34.4 Å². The Morgan fingerprint density at radius 2 is 1.81 bits per heavy atom. The molecule has 6 nitrogen and oxygen atoms in total. The Balaban J connectivity index is 1.44. The van der Waals surface area contributed by atoms with E-state index < -0.39 is 17.7 Å². The second-order valence-corrected chi connectivity index (χ2v) is 9.18. The number of carbonyl (C=O) groups is 1. The van der Waals surface area contributed by atoms with Gasteiger partial charge < -0.3 is 14.2 Å². The molecule has 1 aliphatic heterocycles. The molecule has 0 atom stereocenters. The summed E-state index contributed by atoms with van der Waals surface area (Å²) < 4.78 is 46.2. The molecule has 0 spiro atoms. The third kappa shape index (κ3) is 4.54. The summed E-state index contributed by atoms with van der Waals surface area (Å²) in [4.78, 5) is 18.9. The fourth-order valence-electron chi connectivity index (χ4n) is 4.13. The number of cyclic esters (lactones) is 1. The normalized spacial score (nSPS) is 12.9. The monoisotopic (exact) mass is 508 g/mol. The van der Waals surface area contributed by atoms with Crippen molar-refractivity contribution in [1.82, 2.24) is 4.98 Å². The van der Waals surface area contributed by atoms with E-state index >= 15 is 8.78 Å². The van der Waals surface area contributed by atoms with Crippen LogP contribution in [-0.4, -0.2) is 25.3 Å².